The van der Waals surface area contributed by atoms with Crippen LogP contribution in [0.4, 0.5) is 8.78 Å². The second-order valence-electron chi connectivity index (χ2n) is 5.73. The van der Waals surface area contributed by atoms with Crippen LogP contribution < -0.4 is 10.6 Å². The Bertz CT molecular complexity index is 544. The van der Waals surface area contributed by atoms with E-state index < -0.39 is 0 Å². The zero-order valence-electron chi connectivity index (χ0n) is 12.4. The van der Waals surface area contributed by atoms with E-state index in [2.05, 4.69) is 10.6 Å². The summed E-state index contributed by atoms with van der Waals surface area (Å²) >= 11 is 0. The van der Waals surface area contributed by atoms with Gasteiger partial charge in [0.15, 0.2) is 0 Å². The highest BCUT2D eigenvalue weighted by molar-refractivity contribution is 5.32. The number of halogens is 2. The van der Waals surface area contributed by atoms with Gasteiger partial charge in [-0.2, -0.15) is 0 Å². The van der Waals surface area contributed by atoms with Crippen molar-refractivity contribution in [3.63, 3.8) is 0 Å². The average molecular weight is 302 g/mol. The summed E-state index contributed by atoms with van der Waals surface area (Å²) < 4.78 is 26.4. The Hall–Kier alpha value is -1.78. The Morgan fingerprint density at radius 3 is 1.73 bits per heavy atom. The molecule has 0 amide bonds. The lowest BCUT2D eigenvalue weighted by atomic mass is 9.96. The number of rotatable bonds is 4. The molecule has 0 aromatic heterocycles. The average Bonchev–Trinajstić information content (AvgIpc) is 2.56. The van der Waals surface area contributed by atoms with Crippen molar-refractivity contribution in [3.8, 4) is 0 Å². The SMILES string of the molecule is Fc1ccc(C(NC2CCNCC2)c2ccc(F)cc2)cc1. The quantitative estimate of drug-likeness (QED) is 0.904. The maximum atomic E-state index is 13.2. The van der Waals surface area contributed by atoms with Crippen LogP contribution in [0.2, 0.25) is 0 Å². The predicted molar refractivity (Wildman–Crippen MR) is 83.7 cm³/mol. The van der Waals surface area contributed by atoms with Crippen molar-refractivity contribution in [1.82, 2.24) is 10.6 Å². The smallest absolute Gasteiger partial charge is 0.123 e. The highest BCUT2D eigenvalue weighted by Gasteiger charge is 2.20. The molecule has 0 saturated carbocycles. The molecule has 0 radical (unpaired) electrons. The largest absolute Gasteiger partial charge is 0.317 e. The molecule has 2 N–H and O–H groups in total. The zero-order valence-corrected chi connectivity index (χ0v) is 12.4. The lowest BCUT2D eigenvalue weighted by Crippen LogP contribution is -2.41. The van der Waals surface area contributed by atoms with Crippen molar-refractivity contribution in [2.45, 2.75) is 24.9 Å². The molecule has 1 heterocycles. The van der Waals surface area contributed by atoms with E-state index in [4.69, 9.17) is 0 Å². The molecular formula is C18H20F2N2. The molecule has 1 fully saturated rings. The van der Waals surface area contributed by atoms with E-state index in [1.807, 2.05) is 0 Å². The van der Waals surface area contributed by atoms with Crippen LogP contribution in [0.1, 0.15) is 30.0 Å². The van der Waals surface area contributed by atoms with Crippen LogP contribution in [-0.4, -0.2) is 19.1 Å². The molecule has 1 aliphatic heterocycles. The van der Waals surface area contributed by atoms with Gasteiger partial charge in [0.25, 0.3) is 0 Å². The molecule has 0 spiro atoms. The highest BCUT2D eigenvalue weighted by atomic mass is 19.1. The summed E-state index contributed by atoms with van der Waals surface area (Å²) in [5.41, 5.74) is 1.98. The van der Waals surface area contributed by atoms with Crippen molar-refractivity contribution in [1.29, 1.82) is 0 Å². The molecule has 116 valence electrons. The summed E-state index contributed by atoms with van der Waals surface area (Å²) in [6.07, 6.45) is 2.11. The van der Waals surface area contributed by atoms with Gasteiger partial charge in [-0.25, -0.2) is 8.78 Å². The first-order chi connectivity index (χ1) is 10.7. The van der Waals surface area contributed by atoms with Gasteiger partial charge in [0, 0.05) is 6.04 Å². The van der Waals surface area contributed by atoms with E-state index in [1.165, 1.54) is 24.3 Å². The Morgan fingerprint density at radius 1 is 0.818 bits per heavy atom. The van der Waals surface area contributed by atoms with Crippen LogP contribution in [0.25, 0.3) is 0 Å². The molecule has 4 heteroatoms. The number of piperidine rings is 1. The standard InChI is InChI=1S/C18H20F2N2/c19-15-5-1-13(2-6-15)18(14-3-7-16(20)8-4-14)22-17-9-11-21-12-10-17/h1-8,17-18,21-22H,9-12H2. The summed E-state index contributed by atoms with van der Waals surface area (Å²) in [6.45, 7) is 1.99. The summed E-state index contributed by atoms with van der Waals surface area (Å²) in [5.74, 6) is -0.494. The van der Waals surface area contributed by atoms with Gasteiger partial charge in [-0.1, -0.05) is 24.3 Å². The minimum absolute atomic E-state index is 0.0516. The highest BCUT2D eigenvalue weighted by Crippen LogP contribution is 2.24. The van der Waals surface area contributed by atoms with Crippen molar-refractivity contribution >= 4 is 0 Å². The minimum Gasteiger partial charge on any atom is -0.317 e. The first-order valence-electron chi connectivity index (χ1n) is 7.70. The molecule has 0 aliphatic carbocycles. The number of hydrogen-bond acceptors (Lipinski definition) is 2. The van der Waals surface area contributed by atoms with Gasteiger partial charge >= 0.3 is 0 Å². The molecule has 0 atom stereocenters. The van der Waals surface area contributed by atoms with Crippen molar-refractivity contribution < 1.29 is 8.78 Å². The van der Waals surface area contributed by atoms with Crippen LogP contribution in [-0.2, 0) is 0 Å². The third-order valence-corrected chi connectivity index (χ3v) is 4.15. The molecule has 1 aliphatic rings. The van der Waals surface area contributed by atoms with E-state index in [-0.39, 0.29) is 17.7 Å². The van der Waals surface area contributed by atoms with Crippen LogP contribution in [0.3, 0.4) is 0 Å². The molecule has 22 heavy (non-hydrogen) atoms. The summed E-state index contributed by atoms with van der Waals surface area (Å²) in [4.78, 5) is 0. The van der Waals surface area contributed by atoms with Gasteiger partial charge in [0.1, 0.15) is 11.6 Å². The second kappa shape index (κ2) is 6.99. The summed E-state index contributed by atoms with van der Waals surface area (Å²) in [7, 11) is 0. The first-order valence-corrected chi connectivity index (χ1v) is 7.70. The molecule has 3 rings (SSSR count). The van der Waals surface area contributed by atoms with Gasteiger partial charge in [0.2, 0.25) is 0 Å². The lowest BCUT2D eigenvalue weighted by molar-refractivity contribution is 0.367. The Balaban J connectivity index is 1.86. The third-order valence-electron chi connectivity index (χ3n) is 4.15. The monoisotopic (exact) mass is 302 g/mol. The van der Waals surface area contributed by atoms with Crippen LogP contribution in [0, 0.1) is 11.6 Å². The van der Waals surface area contributed by atoms with E-state index in [1.54, 1.807) is 24.3 Å². The number of benzene rings is 2. The first kappa shape index (κ1) is 15.1. The second-order valence-corrected chi connectivity index (χ2v) is 5.73. The molecule has 0 bridgehead atoms. The topological polar surface area (TPSA) is 24.1 Å². The van der Waals surface area contributed by atoms with Crippen LogP contribution in [0.5, 0.6) is 0 Å². The van der Waals surface area contributed by atoms with Gasteiger partial charge in [-0.05, 0) is 61.3 Å². The van der Waals surface area contributed by atoms with Gasteiger partial charge in [-0.3, -0.25) is 0 Å². The van der Waals surface area contributed by atoms with Gasteiger partial charge < -0.3 is 10.6 Å². The van der Waals surface area contributed by atoms with E-state index in [0.29, 0.717) is 6.04 Å². The third kappa shape index (κ3) is 3.70. The molecule has 1 saturated heterocycles. The maximum absolute atomic E-state index is 13.2. The fourth-order valence-electron chi connectivity index (χ4n) is 2.92. The Morgan fingerprint density at radius 2 is 1.27 bits per heavy atom. The Kier molecular flexibility index (Phi) is 4.80. The van der Waals surface area contributed by atoms with Crippen LogP contribution >= 0.6 is 0 Å². The van der Waals surface area contributed by atoms with Crippen molar-refractivity contribution in [2.24, 2.45) is 0 Å². The van der Waals surface area contributed by atoms with Crippen molar-refractivity contribution in [2.75, 3.05) is 13.1 Å². The van der Waals surface area contributed by atoms with Crippen molar-refractivity contribution in [3.05, 3.63) is 71.3 Å². The lowest BCUT2D eigenvalue weighted by Gasteiger charge is -2.29. The summed E-state index contributed by atoms with van der Waals surface area (Å²) in [6, 6.07) is 13.4. The molecule has 0 unspecified atom stereocenters. The van der Waals surface area contributed by atoms with Gasteiger partial charge in [0.05, 0.1) is 6.04 Å². The molecule has 2 aromatic rings. The fraction of sp³-hybridized carbons (Fsp3) is 0.333. The van der Waals surface area contributed by atoms with Crippen LogP contribution in [0.15, 0.2) is 48.5 Å². The Labute approximate surface area is 129 Å². The maximum Gasteiger partial charge on any atom is 0.123 e. The van der Waals surface area contributed by atoms with E-state index in [9.17, 15) is 8.78 Å². The molecule has 2 nitrogen and oxygen atoms in total. The van der Waals surface area contributed by atoms with Gasteiger partial charge in [-0.15, -0.1) is 0 Å². The number of nitrogens with one attached hydrogen (secondary N) is 2. The molecule has 2 aromatic carbocycles. The van der Waals surface area contributed by atoms with E-state index >= 15 is 0 Å². The number of hydrogen-bond donors (Lipinski definition) is 2. The van der Waals surface area contributed by atoms with E-state index in [0.717, 1.165) is 37.1 Å². The normalized spacial score (nSPS) is 16.1. The summed E-state index contributed by atoms with van der Waals surface area (Å²) in [5, 5.41) is 6.99. The minimum atomic E-state index is -0.247. The fourth-order valence-corrected chi connectivity index (χ4v) is 2.92. The predicted octanol–water partition coefficient (Wildman–Crippen LogP) is 3.40. The zero-order chi connectivity index (χ0) is 15.4. The molecular weight excluding hydrogens is 282 g/mol.